The fourth-order valence-corrected chi connectivity index (χ4v) is 2.71. The highest BCUT2D eigenvalue weighted by molar-refractivity contribution is 4.78. The summed E-state index contributed by atoms with van der Waals surface area (Å²) in [6, 6.07) is 0. The van der Waals surface area contributed by atoms with E-state index in [1.54, 1.807) is 0 Å². The highest BCUT2D eigenvalue weighted by atomic mass is 14.3. The van der Waals surface area contributed by atoms with Crippen LogP contribution in [0.4, 0.5) is 0 Å². The molecule has 1 aliphatic carbocycles. The summed E-state index contributed by atoms with van der Waals surface area (Å²) in [5.41, 5.74) is 0. The van der Waals surface area contributed by atoms with Crippen LogP contribution in [-0.4, -0.2) is 0 Å². The van der Waals surface area contributed by atoms with E-state index in [0.29, 0.717) is 0 Å². The molecule has 1 aliphatic rings. The van der Waals surface area contributed by atoms with Crippen molar-refractivity contribution in [1.82, 2.24) is 0 Å². The molecule has 4 unspecified atom stereocenters. The predicted octanol–water partition coefficient (Wildman–Crippen LogP) is 4.49. The van der Waals surface area contributed by atoms with E-state index in [4.69, 9.17) is 0 Å². The Labute approximate surface area is 84.1 Å². The van der Waals surface area contributed by atoms with E-state index in [1.807, 2.05) is 0 Å². The third-order valence-corrected chi connectivity index (χ3v) is 4.28. The van der Waals surface area contributed by atoms with Gasteiger partial charge in [-0.3, -0.25) is 0 Å². The van der Waals surface area contributed by atoms with Crippen LogP contribution in [0.1, 0.15) is 59.8 Å². The molecule has 0 nitrogen and oxygen atoms in total. The Morgan fingerprint density at radius 1 is 1.23 bits per heavy atom. The number of hydrogen-bond acceptors (Lipinski definition) is 0. The van der Waals surface area contributed by atoms with Crippen molar-refractivity contribution in [3.63, 3.8) is 0 Å². The van der Waals surface area contributed by atoms with Gasteiger partial charge in [0.2, 0.25) is 0 Å². The summed E-state index contributed by atoms with van der Waals surface area (Å²) < 4.78 is 0. The summed E-state index contributed by atoms with van der Waals surface area (Å²) in [6.45, 7) is 9.64. The lowest BCUT2D eigenvalue weighted by atomic mass is 9.71. The molecular weight excluding hydrogens is 156 g/mol. The van der Waals surface area contributed by atoms with E-state index >= 15 is 0 Å². The normalized spacial score (nSPS) is 37.4. The van der Waals surface area contributed by atoms with Gasteiger partial charge >= 0.3 is 0 Å². The van der Waals surface area contributed by atoms with Crippen molar-refractivity contribution in [1.29, 1.82) is 0 Å². The third-order valence-electron chi connectivity index (χ3n) is 4.28. The molecule has 0 aromatic heterocycles. The van der Waals surface area contributed by atoms with Crippen molar-refractivity contribution < 1.29 is 0 Å². The first-order chi connectivity index (χ1) is 6.15. The van der Waals surface area contributed by atoms with Crippen LogP contribution < -0.4 is 0 Å². The Hall–Kier alpha value is 0. The maximum Gasteiger partial charge on any atom is -0.0383 e. The maximum absolute atomic E-state index is 2.47. The van der Waals surface area contributed by atoms with Crippen molar-refractivity contribution in [2.24, 2.45) is 23.7 Å². The fraction of sp³-hybridized carbons (Fsp3) is 1.00. The molecule has 0 amide bonds. The Kier molecular flexibility index (Phi) is 4.28. The minimum atomic E-state index is 0.942. The van der Waals surface area contributed by atoms with Crippen LogP contribution in [0.25, 0.3) is 0 Å². The van der Waals surface area contributed by atoms with Gasteiger partial charge in [0.15, 0.2) is 0 Å². The Balaban J connectivity index is 2.39. The molecule has 1 saturated carbocycles. The summed E-state index contributed by atoms with van der Waals surface area (Å²) in [4.78, 5) is 0. The van der Waals surface area contributed by atoms with E-state index in [9.17, 15) is 0 Å². The Morgan fingerprint density at radius 2 is 1.92 bits per heavy atom. The summed E-state index contributed by atoms with van der Waals surface area (Å²) in [7, 11) is 0. The molecule has 0 spiro atoms. The molecule has 1 rings (SSSR count). The van der Waals surface area contributed by atoms with Crippen molar-refractivity contribution in [3.05, 3.63) is 0 Å². The average molecular weight is 182 g/mol. The van der Waals surface area contributed by atoms with Crippen LogP contribution in [0, 0.1) is 23.7 Å². The monoisotopic (exact) mass is 182 g/mol. The molecule has 78 valence electrons. The van der Waals surface area contributed by atoms with Gasteiger partial charge in [-0.05, 0) is 30.1 Å². The zero-order valence-corrected chi connectivity index (χ0v) is 9.84. The van der Waals surface area contributed by atoms with Crippen LogP contribution in [0.5, 0.6) is 0 Å². The van der Waals surface area contributed by atoms with Gasteiger partial charge in [0.1, 0.15) is 0 Å². The van der Waals surface area contributed by atoms with Gasteiger partial charge in [0.05, 0.1) is 0 Å². The molecule has 4 atom stereocenters. The number of hydrogen-bond donors (Lipinski definition) is 0. The summed E-state index contributed by atoms with van der Waals surface area (Å²) in [6.07, 6.45) is 7.28. The van der Waals surface area contributed by atoms with Crippen LogP contribution >= 0.6 is 0 Å². The van der Waals surface area contributed by atoms with Crippen molar-refractivity contribution in [3.8, 4) is 0 Å². The molecule has 0 N–H and O–H groups in total. The van der Waals surface area contributed by atoms with Crippen molar-refractivity contribution >= 4 is 0 Å². The standard InChI is InChI=1S/C13H26/c1-5-10(2)9-13-8-6-7-11(3)12(13)4/h10-13H,5-9H2,1-4H3. The molecule has 0 heteroatoms. The molecule has 0 saturated heterocycles. The van der Waals surface area contributed by atoms with Gasteiger partial charge in [0, 0.05) is 0 Å². The molecule has 0 heterocycles. The van der Waals surface area contributed by atoms with Crippen LogP contribution in [0.2, 0.25) is 0 Å². The Morgan fingerprint density at radius 3 is 2.54 bits per heavy atom. The number of rotatable bonds is 3. The molecular formula is C13H26. The lowest BCUT2D eigenvalue weighted by Crippen LogP contribution is -2.25. The highest BCUT2D eigenvalue weighted by Crippen LogP contribution is 2.38. The van der Waals surface area contributed by atoms with Gasteiger partial charge in [-0.25, -0.2) is 0 Å². The second-order valence-corrected chi connectivity index (χ2v) is 5.28. The molecule has 0 aliphatic heterocycles. The first kappa shape index (κ1) is 11.1. The van der Waals surface area contributed by atoms with Crippen LogP contribution in [0.15, 0.2) is 0 Å². The third kappa shape index (κ3) is 3.00. The first-order valence-electron chi connectivity index (χ1n) is 6.15. The largest absolute Gasteiger partial charge is 0.0651 e. The molecule has 0 radical (unpaired) electrons. The van der Waals surface area contributed by atoms with Crippen LogP contribution in [0.3, 0.4) is 0 Å². The van der Waals surface area contributed by atoms with Gasteiger partial charge < -0.3 is 0 Å². The Bertz CT molecular complexity index is 139. The molecule has 0 bridgehead atoms. The van der Waals surface area contributed by atoms with Gasteiger partial charge in [-0.2, -0.15) is 0 Å². The smallest absolute Gasteiger partial charge is 0.0383 e. The minimum Gasteiger partial charge on any atom is -0.0651 e. The fourth-order valence-electron chi connectivity index (χ4n) is 2.71. The average Bonchev–Trinajstić information content (AvgIpc) is 2.13. The SMILES string of the molecule is CCC(C)CC1CCCC(C)C1C. The minimum absolute atomic E-state index is 0.942. The second-order valence-electron chi connectivity index (χ2n) is 5.28. The maximum atomic E-state index is 2.47. The topological polar surface area (TPSA) is 0 Å². The summed E-state index contributed by atoms with van der Waals surface area (Å²) >= 11 is 0. The summed E-state index contributed by atoms with van der Waals surface area (Å²) in [5.74, 6) is 3.92. The zero-order valence-electron chi connectivity index (χ0n) is 9.84. The van der Waals surface area contributed by atoms with E-state index in [1.165, 1.54) is 32.1 Å². The quantitative estimate of drug-likeness (QED) is 0.603. The lowest BCUT2D eigenvalue weighted by Gasteiger charge is -2.35. The highest BCUT2D eigenvalue weighted by Gasteiger charge is 2.27. The van der Waals surface area contributed by atoms with Crippen molar-refractivity contribution in [2.45, 2.75) is 59.8 Å². The molecule has 0 aromatic carbocycles. The zero-order chi connectivity index (χ0) is 9.84. The first-order valence-corrected chi connectivity index (χ1v) is 6.15. The van der Waals surface area contributed by atoms with Gasteiger partial charge in [-0.1, -0.05) is 53.4 Å². The van der Waals surface area contributed by atoms with Crippen LogP contribution in [-0.2, 0) is 0 Å². The summed E-state index contributed by atoms with van der Waals surface area (Å²) in [5, 5.41) is 0. The molecule has 0 aromatic rings. The lowest BCUT2D eigenvalue weighted by molar-refractivity contribution is 0.155. The van der Waals surface area contributed by atoms with E-state index < -0.39 is 0 Å². The molecule has 1 fully saturated rings. The van der Waals surface area contributed by atoms with Gasteiger partial charge in [0.25, 0.3) is 0 Å². The van der Waals surface area contributed by atoms with E-state index in [0.717, 1.165) is 23.7 Å². The van der Waals surface area contributed by atoms with Crippen molar-refractivity contribution in [2.75, 3.05) is 0 Å². The van der Waals surface area contributed by atoms with E-state index in [-0.39, 0.29) is 0 Å². The second kappa shape index (κ2) is 5.02. The van der Waals surface area contributed by atoms with Gasteiger partial charge in [-0.15, -0.1) is 0 Å². The predicted molar refractivity (Wildman–Crippen MR) is 59.7 cm³/mol. The van der Waals surface area contributed by atoms with E-state index in [2.05, 4.69) is 27.7 Å². The molecule has 13 heavy (non-hydrogen) atoms.